The standard InChI is InChI=1S/C22H32O8/c1-5-9-10-11-12-14-15(13-23)16(19(24)17(14)20(25)28-6-2)18(21(26)29-7-3)22(27)30-8-4/h9-10,13-18H,5-8,11-12H2,1-4H3/b10-9-/t14-,15-,16-,17+/m1/s1. The van der Waals surface area contributed by atoms with E-state index in [2.05, 4.69) is 0 Å². The molecule has 0 aromatic carbocycles. The van der Waals surface area contributed by atoms with Crippen molar-refractivity contribution in [2.45, 2.75) is 47.0 Å². The van der Waals surface area contributed by atoms with Crippen molar-refractivity contribution in [1.82, 2.24) is 0 Å². The van der Waals surface area contributed by atoms with Gasteiger partial charge in [0.25, 0.3) is 0 Å². The van der Waals surface area contributed by atoms with E-state index in [4.69, 9.17) is 14.2 Å². The van der Waals surface area contributed by atoms with Gasteiger partial charge >= 0.3 is 17.9 Å². The molecule has 1 aliphatic rings. The van der Waals surface area contributed by atoms with Gasteiger partial charge in [0.05, 0.1) is 25.7 Å². The summed E-state index contributed by atoms with van der Waals surface area (Å²) in [6, 6.07) is 0. The normalized spacial score (nSPS) is 23.6. The number of ether oxygens (including phenoxy) is 3. The van der Waals surface area contributed by atoms with Crippen LogP contribution in [0.2, 0.25) is 0 Å². The second-order valence-electron chi connectivity index (χ2n) is 6.97. The van der Waals surface area contributed by atoms with Gasteiger partial charge < -0.3 is 19.0 Å². The molecule has 4 atom stereocenters. The van der Waals surface area contributed by atoms with Crippen molar-refractivity contribution in [1.29, 1.82) is 0 Å². The molecule has 0 unspecified atom stereocenters. The van der Waals surface area contributed by atoms with Crippen LogP contribution >= 0.6 is 0 Å². The number of hydrogen-bond acceptors (Lipinski definition) is 8. The van der Waals surface area contributed by atoms with E-state index in [1.54, 1.807) is 20.8 Å². The Hall–Kier alpha value is -2.51. The van der Waals surface area contributed by atoms with Crippen LogP contribution in [-0.4, -0.2) is 49.8 Å². The molecule has 0 bridgehead atoms. The summed E-state index contributed by atoms with van der Waals surface area (Å²) in [5.74, 6) is -9.07. The monoisotopic (exact) mass is 424 g/mol. The van der Waals surface area contributed by atoms with E-state index in [0.29, 0.717) is 19.1 Å². The lowest BCUT2D eigenvalue weighted by atomic mass is 9.79. The van der Waals surface area contributed by atoms with Gasteiger partial charge in [0.1, 0.15) is 12.2 Å². The molecular formula is C22H32O8. The average molecular weight is 424 g/mol. The second-order valence-corrected chi connectivity index (χ2v) is 6.97. The van der Waals surface area contributed by atoms with Gasteiger partial charge in [0.2, 0.25) is 0 Å². The molecule has 1 saturated carbocycles. The molecule has 0 amide bonds. The van der Waals surface area contributed by atoms with Crippen molar-refractivity contribution in [3.8, 4) is 0 Å². The van der Waals surface area contributed by atoms with Gasteiger partial charge in [-0.3, -0.25) is 19.2 Å². The van der Waals surface area contributed by atoms with E-state index in [0.717, 1.165) is 6.42 Å². The third kappa shape index (κ3) is 6.00. The molecule has 0 aromatic rings. The zero-order valence-electron chi connectivity index (χ0n) is 18.1. The number of ketones is 1. The van der Waals surface area contributed by atoms with Gasteiger partial charge in [-0.1, -0.05) is 19.1 Å². The highest BCUT2D eigenvalue weighted by atomic mass is 16.6. The Kier molecular flexibility index (Phi) is 11.0. The smallest absolute Gasteiger partial charge is 0.321 e. The Morgan fingerprint density at radius 1 is 0.933 bits per heavy atom. The molecule has 1 rings (SSSR count). The van der Waals surface area contributed by atoms with Crippen LogP contribution < -0.4 is 0 Å². The largest absolute Gasteiger partial charge is 0.465 e. The SMILES string of the molecule is CC/C=C\CC[C@H]1[C@H](C(=O)OCC)C(=O)[C@@H](C(C(=O)OCC)C(=O)OCC)[C@@H]1C=O. The number of hydrogen-bond donors (Lipinski definition) is 0. The Labute approximate surface area is 177 Å². The van der Waals surface area contributed by atoms with E-state index in [-0.39, 0.29) is 19.8 Å². The quantitative estimate of drug-likeness (QED) is 0.154. The minimum atomic E-state index is -1.60. The first-order valence-corrected chi connectivity index (χ1v) is 10.5. The highest BCUT2D eigenvalue weighted by molar-refractivity contribution is 6.09. The van der Waals surface area contributed by atoms with Crippen molar-refractivity contribution in [2.24, 2.45) is 29.6 Å². The van der Waals surface area contributed by atoms with Gasteiger partial charge in [-0.2, -0.15) is 0 Å². The van der Waals surface area contributed by atoms with Gasteiger partial charge in [-0.15, -0.1) is 0 Å². The summed E-state index contributed by atoms with van der Waals surface area (Å²) in [6.45, 7) is 6.79. The maximum Gasteiger partial charge on any atom is 0.321 e. The van der Waals surface area contributed by atoms with Crippen molar-refractivity contribution >= 4 is 30.0 Å². The Morgan fingerprint density at radius 2 is 1.50 bits per heavy atom. The molecule has 0 saturated heterocycles. The number of Topliss-reactive ketones (excluding diaryl/α,β-unsaturated/α-hetero) is 1. The van der Waals surface area contributed by atoms with E-state index in [1.807, 2.05) is 19.1 Å². The minimum absolute atomic E-state index is 0.00600. The molecular weight excluding hydrogens is 392 g/mol. The average Bonchev–Trinajstić information content (AvgIpc) is 2.97. The van der Waals surface area contributed by atoms with E-state index < -0.39 is 53.3 Å². The van der Waals surface area contributed by atoms with Gasteiger partial charge in [0.15, 0.2) is 11.7 Å². The molecule has 8 nitrogen and oxygen atoms in total. The Bertz CT molecular complexity index is 636. The molecule has 0 N–H and O–H groups in total. The molecule has 0 radical (unpaired) electrons. The van der Waals surface area contributed by atoms with E-state index >= 15 is 0 Å². The van der Waals surface area contributed by atoms with Crippen LogP contribution in [0.1, 0.15) is 47.0 Å². The van der Waals surface area contributed by atoms with Gasteiger partial charge in [-0.25, -0.2) is 0 Å². The van der Waals surface area contributed by atoms with E-state index in [9.17, 15) is 24.0 Å². The number of aldehydes is 1. The van der Waals surface area contributed by atoms with Crippen LogP contribution in [0.15, 0.2) is 12.2 Å². The summed E-state index contributed by atoms with van der Waals surface area (Å²) in [5, 5.41) is 0. The lowest BCUT2D eigenvalue weighted by molar-refractivity contribution is -0.167. The lowest BCUT2D eigenvalue weighted by Crippen LogP contribution is -2.40. The summed E-state index contributed by atoms with van der Waals surface area (Å²) in [4.78, 5) is 62.9. The summed E-state index contributed by atoms with van der Waals surface area (Å²) in [5.41, 5.74) is 0. The molecule has 0 spiro atoms. The number of carbonyl (C=O) groups is 5. The van der Waals surface area contributed by atoms with Crippen molar-refractivity contribution in [3.05, 3.63) is 12.2 Å². The number of carbonyl (C=O) groups excluding carboxylic acids is 5. The molecule has 8 heteroatoms. The summed E-state index contributed by atoms with van der Waals surface area (Å²) in [6.07, 6.45) is 6.16. The first-order valence-electron chi connectivity index (χ1n) is 10.5. The fourth-order valence-electron chi connectivity index (χ4n) is 3.98. The Balaban J connectivity index is 3.38. The van der Waals surface area contributed by atoms with Crippen molar-refractivity contribution in [2.75, 3.05) is 19.8 Å². The zero-order chi connectivity index (χ0) is 22.7. The molecule has 0 aromatic heterocycles. The molecule has 0 aliphatic heterocycles. The van der Waals surface area contributed by atoms with Crippen LogP contribution in [-0.2, 0) is 38.2 Å². The predicted octanol–water partition coefficient (Wildman–Crippen LogP) is 2.28. The summed E-state index contributed by atoms with van der Waals surface area (Å²) < 4.78 is 15.0. The van der Waals surface area contributed by atoms with Gasteiger partial charge in [-0.05, 0) is 46.0 Å². The first kappa shape index (κ1) is 25.5. The van der Waals surface area contributed by atoms with Crippen LogP contribution in [0, 0.1) is 29.6 Å². The third-order valence-corrected chi connectivity index (χ3v) is 5.18. The van der Waals surface area contributed by atoms with Crippen molar-refractivity contribution < 1.29 is 38.2 Å². The lowest BCUT2D eigenvalue weighted by Gasteiger charge is -2.23. The summed E-state index contributed by atoms with van der Waals surface area (Å²) >= 11 is 0. The maximum atomic E-state index is 13.3. The first-order chi connectivity index (χ1) is 14.4. The molecule has 168 valence electrons. The van der Waals surface area contributed by atoms with Crippen LogP contribution in [0.3, 0.4) is 0 Å². The van der Waals surface area contributed by atoms with Crippen LogP contribution in [0.25, 0.3) is 0 Å². The van der Waals surface area contributed by atoms with Crippen LogP contribution in [0.5, 0.6) is 0 Å². The second kappa shape index (κ2) is 12.9. The predicted molar refractivity (Wildman–Crippen MR) is 107 cm³/mol. The molecule has 1 aliphatic carbocycles. The molecule has 1 fully saturated rings. The topological polar surface area (TPSA) is 113 Å². The van der Waals surface area contributed by atoms with Crippen molar-refractivity contribution in [3.63, 3.8) is 0 Å². The number of allylic oxidation sites excluding steroid dienone is 2. The highest BCUT2D eigenvalue weighted by Gasteiger charge is 2.59. The fraction of sp³-hybridized carbons (Fsp3) is 0.682. The minimum Gasteiger partial charge on any atom is -0.465 e. The zero-order valence-corrected chi connectivity index (χ0v) is 18.1. The maximum absolute atomic E-state index is 13.3. The summed E-state index contributed by atoms with van der Waals surface area (Å²) in [7, 11) is 0. The van der Waals surface area contributed by atoms with Crippen LogP contribution in [0.4, 0.5) is 0 Å². The Morgan fingerprint density at radius 3 is 1.97 bits per heavy atom. The van der Waals surface area contributed by atoms with Gasteiger partial charge in [0, 0.05) is 5.92 Å². The molecule has 0 heterocycles. The van der Waals surface area contributed by atoms with E-state index in [1.165, 1.54) is 0 Å². The fourth-order valence-corrected chi connectivity index (χ4v) is 3.98. The molecule has 30 heavy (non-hydrogen) atoms. The third-order valence-electron chi connectivity index (χ3n) is 5.18. The highest BCUT2D eigenvalue weighted by Crippen LogP contribution is 2.45. The number of rotatable bonds is 12. The number of esters is 3.